The Bertz CT molecular complexity index is 414. The number of anilines is 1. The molecule has 0 amide bonds. The molecule has 2 unspecified atom stereocenters. The first-order valence-corrected chi connectivity index (χ1v) is 7.67. The molecule has 1 heterocycles. The van der Waals surface area contributed by atoms with Crippen molar-refractivity contribution in [3.8, 4) is 0 Å². The minimum atomic E-state index is 0.620. The summed E-state index contributed by atoms with van der Waals surface area (Å²) < 4.78 is 0. The van der Waals surface area contributed by atoms with Gasteiger partial charge in [-0.2, -0.15) is 0 Å². The van der Waals surface area contributed by atoms with Gasteiger partial charge in [0.25, 0.3) is 0 Å². The van der Waals surface area contributed by atoms with Crippen LogP contribution in [-0.2, 0) is 0 Å². The van der Waals surface area contributed by atoms with Crippen LogP contribution in [0.1, 0.15) is 37.8 Å². The summed E-state index contributed by atoms with van der Waals surface area (Å²) in [5, 5.41) is 3.72. The van der Waals surface area contributed by atoms with E-state index in [1.54, 1.807) is 0 Å². The Labute approximate surface area is 118 Å². The van der Waals surface area contributed by atoms with Crippen molar-refractivity contribution in [2.45, 2.75) is 46.6 Å². The molecule has 0 bridgehead atoms. The van der Waals surface area contributed by atoms with Gasteiger partial charge >= 0.3 is 0 Å². The maximum absolute atomic E-state index is 3.72. The van der Waals surface area contributed by atoms with Gasteiger partial charge in [0.05, 0.1) is 0 Å². The summed E-state index contributed by atoms with van der Waals surface area (Å²) >= 11 is 0. The van der Waals surface area contributed by atoms with Gasteiger partial charge in [-0.05, 0) is 56.0 Å². The van der Waals surface area contributed by atoms with Gasteiger partial charge in [0.15, 0.2) is 0 Å². The van der Waals surface area contributed by atoms with Crippen LogP contribution in [0.2, 0.25) is 0 Å². The third kappa shape index (κ3) is 3.50. The number of aryl methyl sites for hydroxylation is 2. The molecular formula is C17H28N2. The van der Waals surface area contributed by atoms with E-state index in [0.717, 1.165) is 19.0 Å². The van der Waals surface area contributed by atoms with E-state index in [1.807, 2.05) is 0 Å². The highest BCUT2D eigenvalue weighted by Gasteiger charge is 2.21. The molecule has 0 aromatic heterocycles. The number of rotatable bonds is 3. The smallest absolute Gasteiger partial charge is 0.0369 e. The van der Waals surface area contributed by atoms with Gasteiger partial charge in [-0.25, -0.2) is 0 Å². The van der Waals surface area contributed by atoms with Crippen LogP contribution < -0.4 is 10.2 Å². The maximum Gasteiger partial charge on any atom is 0.0369 e. The third-order valence-electron chi connectivity index (χ3n) is 4.61. The van der Waals surface area contributed by atoms with Gasteiger partial charge in [0.2, 0.25) is 0 Å². The normalized spacial score (nSPS) is 22.1. The molecule has 1 aromatic rings. The van der Waals surface area contributed by atoms with Crippen molar-refractivity contribution in [2.24, 2.45) is 5.92 Å². The largest absolute Gasteiger partial charge is 0.370 e. The zero-order valence-electron chi connectivity index (χ0n) is 12.9. The number of benzene rings is 1. The number of nitrogens with zero attached hydrogens (tertiary/aromatic N) is 1. The molecule has 2 nitrogen and oxygen atoms in total. The highest BCUT2D eigenvalue weighted by atomic mass is 15.2. The predicted octanol–water partition coefficient (Wildman–Crippen LogP) is 3.52. The van der Waals surface area contributed by atoms with Crippen molar-refractivity contribution in [1.29, 1.82) is 0 Å². The van der Waals surface area contributed by atoms with Crippen LogP contribution in [-0.4, -0.2) is 25.7 Å². The summed E-state index contributed by atoms with van der Waals surface area (Å²) in [6.07, 6.45) is 2.48. The molecule has 2 rings (SSSR count). The average Bonchev–Trinajstić information content (AvgIpc) is 2.67. The lowest BCUT2D eigenvalue weighted by molar-refractivity contribution is 0.384. The summed E-state index contributed by atoms with van der Waals surface area (Å²) in [4.78, 5) is 2.56. The summed E-state index contributed by atoms with van der Waals surface area (Å²) in [6.45, 7) is 12.5. The Hall–Kier alpha value is -1.02. The average molecular weight is 260 g/mol. The summed E-state index contributed by atoms with van der Waals surface area (Å²) in [5.74, 6) is 0.743. The van der Waals surface area contributed by atoms with Crippen LogP contribution in [0.3, 0.4) is 0 Å². The van der Waals surface area contributed by atoms with Gasteiger partial charge in [0.1, 0.15) is 0 Å². The van der Waals surface area contributed by atoms with E-state index in [-0.39, 0.29) is 0 Å². The Balaban J connectivity index is 2.15. The number of nitrogens with one attached hydrogen (secondary N) is 1. The number of hydrogen-bond acceptors (Lipinski definition) is 2. The first kappa shape index (κ1) is 14.4. The van der Waals surface area contributed by atoms with E-state index in [9.17, 15) is 0 Å². The summed E-state index contributed by atoms with van der Waals surface area (Å²) in [7, 11) is 0. The zero-order valence-corrected chi connectivity index (χ0v) is 12.9. The summed E-state index contributed by atoms with van der Waals surface area (Å²) in [6, 6.07) is 7.49. The zero-order chi connectivity index (χ0) is 13.8. The molecule has 1 aliphatic rings. The first-order chi connectivity index (χ1) is 9.11. The van der Waals surface area contributed by atoms with Gasteiger partial charge in [-0.3, -0.25) is 0 Å². The van der Waals surface area contributed by atoms with Crippen LogP contribution in [0.25, 0.3) is 0 Å². The Morgan fingerprint density at radius 2 is 2.11 bits per heavy atom. The van der Waals surface area contributed by atoms with Crippen molar-refractivity contribution in [3.05, 3.63) is 29.3 Å². The lowest BCUT2D eigenvalue weighted by Gasteiger charge is -2.30. The van der Waals surface area contributed by atoms with Crippen molar-refractivity contribution < 1.29 is 0 Å². The Kier molecular flexibility index (Phi) is 4.87. The van der Waals surface area contributed by atoms with Crippen molar-refractivity contribution in [1.82, 2.24) is 5.32 Å². The Morgan fingerprint density at radius 1 is 1.32 bits per heavy atom. The minimum absolute atomic E-state index is 0.620. The fourth-order valence-electron chi connectivity index (χ4n) is 2.77. The third-order valence-corrected chi connectivity index (χ3v) is 4.61. The lowest BCUT2D eigenvalue weighted by atomic mass is 9.98. The maximum atomic E-state index is 3.72. The second-order valence-electron chi connectivity index (χ2n) is 6.01. The lowest BCUT2D eigenvalue weighted by Crippen LogP contribution is -2.42. The van der Waals surface area contributed by atoms with Gasteiger partial charge in [-0.1, -0.05) is 26.3 Å². The highest BCUT2D eigenvalue weighted by molar-refractivity contribution is 5.51. The van der Waals surface area contributed by atoms with E-state index in [1.165, 1.54) is 36.2 Å². The van der Waals surface area contributed by atoms with Gasteiger partial charge < -0.3 is 10.2 Å². The van der Waals surface area contributed by atoms with Crippen LogP contribution in [0.15, 0.2) is 18.2 Å². The van der Waals surface area contributed by atoms with Crippen molar-refractivity contribution in [2.75, 3.05) is 24.5 Å². The number of hydrogen-bond donors (Lipinski definition) is 1. The minimum Gasteiger partial charge on any atom is -0.370 e. The quantitative estimate of drug-likeness (QED) is 0.894. The van der Waals surface area contributed by atoms with E-state index in [0.29, 0.717) is 6.04 Å². The molecule has 0 aliphatic carbocycles. The highest BCUT2D eigenvalue weighted by Crippen LogP contribution is 2.22. The summed E-state index contributed by atoms with van der Waals surface area (Å²) in [5.41, 5.74) is 4.17. The predicted molar refractivity (Wildman–Crippen MR) is 84.0 cm³/mol. The fourth-order valence-corrected chi connectivity index (χ4v) is 2.77. The van der Waals surface area contributed by atoms with Gasteiger partial charge in [0, 0.05) is 24.8 Å². The van der Waals surface area contributed by atoms with E-state index in [2.05, 4.69) is 56.1 Å². The SMILES string of the molecule is CCC(C)C1CN(c2ccc(C)c(C)c2)CCCN1. The second-order valence-corrected chi connectivity index (χ2v) is 6.01. The molecule has 1 saturated heterocycles. The van der Waals surface area contributed by atoms with Crippen molar-refractivity contribution in [3.63, 3.8) is 0 Å². The molecule has 1 aliphatic heterocycles. The standard InChI is InChI=1S/C17H28N2/c1-5-13(2)17-12-19(10-6-9-18-17)16-8-7-14(3)15(4)11-16/h7-8,11,13,17-18H,5-6,9-10,12H2,1-4H3. The van der Waals surface area contributed by atoms with Crippen LogP contribution >= 0.6 is 0 Å². The van der Waals surface area contributed by atoms with Crippen molar-refractivity contribution >= 4 is 5.69 Å². The van der Waals surface area contributed by atoms with E-state index in [4.69, 9.17) is 0 Å². The molecule has 1 fully saturated rings. The topological polar surface area (TPSA) is 15.3 Å². The molecule has 106 valence electrons. The second kappa shape index (κ2) is 6.42. The molecule has 1 N–H and O–H groups in total. The molecule has 2 atom stereocenters. The molecule has 0 saturated carbocycles. The molecule has 0 radical (unpaired) electrons. The van der Waals surface area contributed by atoms with Crippen LogP contribution in [0.5, 0.6) is 0 Å². The van der Waals surface area contributed by atoms with Crippen LogP contribution in [0, 0.1) is 19.8 Å². The molecule has 2 heteroatoms. The fraction of sp³-hybridized carbons (Fsp3) is 0.647. The molecule has 1 aromatic carbocycles. The first-order valence-electron chi connectivity index (χ1n) is 7.67. The molecule has 19 heavy (non-hydrogen) atoms. The Morgan fingerprint density at radius 3 is 2.79 bits per heavy atom. The molecular weight excluding hydrogens is 232 g/mol. The van der Waals surface area contributed by atoms with Crippen LogP contribution in [0.4, 0.5) is 5.69 Å². The monoisotopic (exact) mass is 260 g/mol. The van der Waals surface area contributed by atoms with E-state index >= 15 is 0 Å². The molecule has 0 spiro atoms. The van der Waals surface area contributed by atoms with E-state index < -0.39 is 0 Å². The van der Waals surface area contributed by atoms with Gasteiger partial charge in [-0.15, -0.1) is 0 Å².